The standard InChI is InChI=1S/C19H10F6O/c1-26-16-8-4-6-13(11-16)5-2-3-7-14-12-15(18(20,21)22)9-10-17(14)19(23,24)25/h4,6,8-12H,1H3. The van der Waals surface area contributed by atoms with Crippen LogP contribution in [0.25, 0.3) is 0 Å². The van der Waals surface area contributed by atoms with Crippen LogP contribution in [0.1, 0.15) is 22.3 Å². The summed E-state index contributed by atoms with van der Waals surface area (Å²) < 4.78 is 81.9. The molecule has 1 nitrogen and oxygen atoms in total. The largest absolute Gasteiger partial charge is 0.497 e. The highest BCUT2D eigenvalue weighted by atomic mass is 19.4. The number of rotatable bonds is 1. The molecule has 0 saturated heterocycles. The van der Waals surface area contributed by atoms with Crippen molar-refractivity contribution in [2.75, 3.05) is 7.11 Å². The summed E-state index contributed by atoms with van der Waals surface area (Å²) in [7, 11) is 1.46. The first-order valence-corrected chi connectivity index (χ1v) is 7.06. The molecule has 0 saturated carbocycles. The van der Waals surface area contributed by atoms with E-state index in [4.69, 9.17) is 4.74 Å². The van der Waals surface area contributed by atoms with Crippen LogP contribution in [0.5, 0.6) is 5.75 Å². The lowest BCUT2D eigenvalue weighted by Gasteiger charge is -2.12. The van der Waals surface area contributed by atoms with E-state index in [1.165, 1.54) is 7.11 Å². The van der Waals surface area contributed by atoms with Crippen LogP contribution < -0.4 is 4.74 Å². The Hall–Kier alpha value is -3.06. The maximum atomic E-state index is 12.9. The average Bonchev–Trinajstić information content (AvgIpc) is 2.57. The Morgan fingerprint density at radius 1 is 0.808 bits per heavy atom. The Labute approximate surface area is 145 Å². The molecule has 26 heavy (non-hydrogen) atoms. The lowest BCUT2D eigenvalue weighted by atomic mass is 10.0. The number of benzene rings is 2. The van der Waals surface area contributed by atoms with E-state index in [2.05, 4.69) is 23.7 Å². The average molecular weight is 368 g/mol. The van der Waals surface area contributed by atoms with Crippen molar-refractivity contribution in [1.29, 1.82) is 0 Å². The Bertz CT molecular complexity index is 917. The monoisotopic (exact) mass is 368 g/mol. The third-order valence-electron chi connectivity index (χ3n) is 3.19. The molecule has 0 N–H and O–H groups in total. The summed E-state index contributed by atoms with van der Waals surface area (Å²) in [5.74, 6) is 9.65. The Morgan fingerprint density at radius 3 is 2.12 bits per heavy atom. The summed E-state index contributed by atoms with van der Waals surface area (Å²) in [6, 6.07) is 7.64. The fourth-order valence-electron chi connectivity index (χ4n) is 1.97. The van der Waals surface area contributed by atoms with Crippen LogP contribution in [0, 0.1) is 23.7 Å². The van der Waals surface area contributed by atoms with Crippen LogP contribution in [0.15, 0.2) is 42.5 Å². The number of alkyl halides is 6. The summed E-state index contributed by atoms with van der Waals surface area (Å²) in [4.78, 5) is 0. The molecule has 0 unspecified atom stereocenters. The van der Waals surface area contributed by atoms with Gasteiger partial charge in [0.05, 0.1) is 18.2 Å². The fraction of sp³-hybridized carbons (Fsp3) is 0.158. The second-order valence-corrected chi connectivity index (χ2v) is 4.99. The predicted molar refractivity (Wildman–Crippen MR) is 83.2 cm³/mol. The van der Waals surface area contributed by atoms with Crippen molar-refractivity contribution in [1.82, 2.24) is 0 Å². The van der Waals surface area contributed by atoms with Gasteiger partial charge in [-0.15, -0.1) is 0 Å². The minimum Gasteiger partial charge on any atom is -0.497 e. The van der Waals surface area contributed by atoms with Crippen molar-refractivity contribution >= 4 is 0 Å². The van der Waals surface area contributed by atoms with Crippen molar-refractivity contribution in [3.05, 3.63) is 64.7 Å². The zero-order valence-corrected chi connectivity index (χ0v) is 13.2. The highest BCUT2D eigenvalue weighted by Gasteiger charge is 2.36. The third-order valence-corrected chi connectivity index (χ3v) is 3.19. The second kappa shape index (κ2) is 7.45. The molecule has 0 amide bonds. The van der Waals surface area contributed by atoms with Gasteiger partial charge in [-0.05, 0) is 48.2 Å². The first kappa shape index (κ1) is 19.3. The van der Waals surface area contributed by atoms with E-state index in [1.807, 2.05) is 0 Å². The molecule has 0 aromatic heterocycles. The van der Waals surface area contributed by atoms with Gasteiger partial charge in [0.25, 0.3) is 0 Å². The van der Waals surface area contributed by atoms with Gasteiger partial charge >= 0.3 is 12.4 Å². The van der Waals surface area contributed by atoms with Gasteiger partial charge in [-0.3, -0.25) is 0 Å². The molecule has 134 valence electrons. The molecule has 0 aliphatic carbocycles. The summed E-state index contributed by atoms with van der Waals surface area (Å²) in [5.41, 5.74) is -2.75. The minimum atomic E-state index is -4.83. The number of hydrogen-bond donors (Lipinski definition) is 0. The number of ether oxygens (including phenoxy) is 1. The first-order chi connectivity index (χ1) is 12.1. The normalized spacial score (nSPS) is 11.0. The smallest absolute Gasteiger partial charge is 0.417 e. The van der Waals surface area contributed by atoms with Crippen molar-refractivity contribution in [3.63, 3.8) is 0 Å². The lowest BCUT2D eigenvalue weighted by Crippen LogP contribution is -2.11. The molecule has 2 rings (SSSR count). The Morgan fingerprint density at radius 2 is 1.50 bits per heavy atom. The molecule has 7 heteroatoms. The molecule has 0 radical (unpaired) electrons. The molecular formula is C19H10F6O. The summed E-state index contributed by atoms with van der Waals surface area (Å²) in [5, 5.41) is 0. The summed E-state index contributed by atoms with van der Waals surface area (Å²) >= 11 is 0. The van der Waals surface area contributed by atoms with Gasteiger partial charge in [-0.1, -0.05) is 17.9 Å². The number of hydrogen-bond acceptors (Lipinski definition) is 1. The van der Waals surface area contributed by atoms with Gasteiger partial charge in [0.2, 0.25) is 0 Å². The Balaban J connectivity index is 2.40. The molecule has 2 aromatic carbocycles. The van der Waals surface area contributed by atoms with Gasteiger partial charge in [-0.25, -0.2) is 0 Å². The molecule has 0 spiro atoms. The van der Waals surface area contributed by atoms with Gasteiger partial charge in [0.15, 0.2) is 0 Å². The molecule has 0 bridgehead atoms. The van der Waals surface area contributed by atoms with Gasteiger partial charge in [0, 0.05) is 11.1 Å². The zero-order valence-electron chi connectivity index (χ0n) is 13.2. The maximum Gasteiger partial charge on any atom is 0.417 e. The zero-order chi connectivity index (χ0) is 19.4. The second-order valence-electron chi connectivity index (χ2n) is 4.99. The van der Waals surface area contributed by atoms with E-state index in [-0.39, 0.29) is 0 Å². The molecular weight excluding hydrogens is 358 g/mol. The van der Waals surface area contributed by atoms with E-state index in [0.29, 0.717) is 29.5 Å². The summed E-state index contributed by atoms with van der Waals surface area (Å²) in [6.45, 7) is 0. The molecule has 0 atom stereocenters. The SMILES string of the molecule is COc1cccc(C#CC#Cc2cc(C(F)(F)F)ccc2C(F)(F)F)c1. The van der Waals surface area contributed by atoms with E-state index in [9.17, 15) is 26.3 Å². The van der Waals surface area contributed by atoms with Crippen LogP contribution in [-0.4, -0.2) is 7.11 Å². The molecule has 0 heterocycles. The van der Waals surface area contributed by atoms with Gasteiger partial charge in [-0.2, -0.15) is 26.3 Å². The topological polar surface area (TPSA) is 9.23 Å². The van der Waals surface area contributed by atoms with Crippen molar-refractivity contribution < 1.29 is 31.1 Å². The fourth-order valence-corrected chi connectivity index (χ4v) is 1.97. The molecule has 0 aliphatic heterocycles. The predicted octanol–water partition coefficient (Wildman–Crippen LogP) is 5.14. The maximum absolute atomic E-state index is 12.9. The van der Waals surface area contributed by atoms with E-state index >= 15 is 0 Å². The first-order valence-electron chi connectivity index (χ1n) is 7.06. The Kier molecular flexibility index (Phi) is 5.52. The van der Waals surface area contributed by atoms with Crippen molar-refractivity contribution in [3.8, 4) is 29.4 Å². The van der Waals surface area contributed by atoms with E-state index in [1.54, 1.807) is 24.3 Å². The molecule has 2 aromatic rings. The number of methoxy groups -OCH3 is 1. The molecule has 0 aliphatic rings. The van der Waals surface area contributed by atoms with Crippen molar-refractivity contribution in [2.24, 2.45) is 0 Å². The minimum absolute atomic E-state index is 0.363. The third kappa shape index (κ3) is 4.97. The van der Waals surface area contributed by atoms with Crippen LogP contribution >= 0.6 is 0 Å². The molecule has 0 fully saturated rings. The van der Waals surface area contributed by atoms with Gasteiger partial charge in [0.1, 0.15) is 5.75 Å². The number of halogens is 6. The highest BCUT2D eigenvalue weighted by Crippen LogP contribution is 2.36. The quantitative estimate of drug-likeness (QED) is 0.501. The van der Waals surface area contributed by atoms with Crippen LogP contribution in [0.3, 0.4) is 0 Å². The van der Waals surface area contributed by atoms with E-state index < -0.39 is 29.0 Å². The van der Waals surface area contributed by atoms with Crippen LogP contribution in [-0.2, 0) is 12.4 Å². The van der Waals surface area contributed by atoms with E-state index in [0.717, 1.165) is 0 Å². The lowest BCUT2D eigenvalue weighted by molar-refractivity contribution is -0.141. The van der Waals surface area contributed by atoms with Crippen molar-refractivity contribution in [2.45, 2.75) is 12.4 Å². The van der Waals surface area contributed by atoms with Crippen LogP contribution in [0.4, 0.5) is 26.3 Å². The van der Waals surface area contributed by atoms with Crippen LogP contribution in [0.2, 0.25) is 0 Å². The highest BCUT2D eigenvalue weighted by molar-refractivity contribution is 5.50. The summed E-state index contributed by atoms with van der Waals surface area (Å²) in [6.07, 6.45) is -9.60. The van der Waals surface area contributed by atoms with Gasteiger partial charge < -0.3 is 4.74 Å².